The fourth-order valence-electron chi connectivity index (χ4n) is 2.16. The number of benzene rings is 2. The van der Waals surface area contributed by atoms with Gasteiger partial charge in [0.05, 0.1) is 12.8 Å². The van der Waals surface area contributed by atoms with Crippen molar-refractivity contribution in [1.29, 1.82) is 5.26 Å². The normalized spacial score (nSPS) is 10.3. The second-order valence-electron chi connectivity index (χ2n) is 4.64. The molecule has 0 amide bonds. The molecule has 1 aromatic heterocycles. The van der Waals surface area contributed by atoms with Gasteiger partial charge in [0.25, 0.3) is 0 Å². The van der Waals surface area contributed by atoms with E-state index in [1.165, 1.54) is 10.7 Å². The summed E-state index contributed by atoms with van der Waals surface area (Å²) < 4.78 is 33.1. The Kier molecular flexibility index (Phi) is 3.73. The Morgan fingerprint density at radius 3 is 2.43 bits per heavy atom. The highest BCUT2D eigenvalue weighted by Gasteiger charge is 2.17. The summed E-state index contributed by atoms with van der Waals surface area (Å²) in [7, 11) is 1.55. The van der Waals surface area contributed by atoms with E-state index in [4.69, 9.17) is 4.74 Å². The molecule has 114 valence electrons. The van der Waals surface area contributed by atoms with Crippen molar-refractivity contribution in [3.63, 3.8) is 0 Å². The Morgan fingerprint density at radius 2 is 1.83 bits per heavy atom. The van der Waals surface area contributed by atoms with E-state index < -0.39 is 11.6 Å². The molecule has 0 saturated heterocycles. The average molecular weight is 312 g/mol. The zero-order chi connectivity index (χ0) is 16.4. The molecule has 5 nitrogen and oxygen atoms in total. The van der Waals surface area contributed by atoms with E-state index in [1.807, 2.05) is 6.07 Å². The topological polar surface area (TPSA) is 63.7 Å². The number of halogens is 2. The van der Waals surface area contributed by atoms with Gasteiger partial charge in [-0.25, -0.2) is 13.5 Å². The van der Waals surface area contributed by atoms with Crippen molar-refractivity contribution >= 4 is 0 Å². The first-order valence-corrected chi connectivity index (χ1v) is 6.59. The van der Waals surface area contributed by atoms with Crippen LogP contribution in [0.5, 0.6) is 5.75 Å². The third-order valence-electron chi connectivity index (χ3n) is 3.29. The molecule has 0 unspecified atom stereocenters. The second-order valence-corrected chi connectivity index (χ2v) is 4.64. The standard InChI is InChI=1S/C16H10F2N4O/c1-23-12-5-3-11(4-6-12)22-16(15(9-19)20-21-22)10-2-7-13(17)14(18)8-10/h2-8H,1H3. The van der Waals surface area contributed by atoms with Crippen LogP contribution < -0.4 is 4.74 Å². The van der Waals surface area contributed by atoms with Gasteiger partial charge in [-0.15, -0.1) is 5.10 Å². The fraction of sp³-hybridized carbons (Fsp3) is 0.0625. The minimum Gasteiger partial charge on any atom is -0.497 e. The molecular formula is C16H10F2N4O. The van der Waals surface area contributed by atoms with Gasteiger partial charge in [-0.1, -0.05) is 5.21 Å². The van der Waals surface area contributed by atoms with Gasteiger partial charge in [0.1, 0.15) is 17.5 Å². The third-order valence-corrected chi connectivity index (χ3v) is 3.29. The van der Waals surface area contributed by atoms with Crippen molar-refractivity contribution in [1.82, 2.24) is 15.0 Å². The van der Waals surface area contributed by atoms with Crippen molar-refractivity contribution < 1.29 is 13.5 Å². The van der Waals surface area contributed by atoms with Gasteiger partial charge in [0, 0.05) is 5.56 Å². The van der Waals surface area contributed by atoms with Gasteiger partial charge in [0.2, 0.25) is 0 Å². The summed E-state index contributed by atoms with van der Waals surface area (Å²) >= 11 is 0. The molecule has 0 radical (unpaired) electrons. The molecule has 3 rings (SSSR count). The first-order chi connectivity index (χ1) is 11.1. The number of nitrogens with zero attached hydrogens (tertiary/aromatic N) is 4. The Morgan fingerprint density at radius 1 is 1.09 bits per heavy atom. The minimum absolute atomic E-state index is 0.0202. The lowest BCUT2D eigenvalue weighted by atomic mass is 10.1. The van der Waals surface area contributed by atoms with Crippen molar-refractivity contribution in [2.75, 3.05) is 7.11 Å². The van der Waals surface area contributed by atoms with Crippen LogP contribution in [0.2, 0.25) is 0 Å². The molecule has 0 aliphatic carbocycles. The number of methoxy groups -OCH3 is 1. The predicted octanol–water partition coefficient (Wildman–Crippen LogP) is 3.09. The molecular weight excluding hydrogens is 302 g/mol. The molecule has 7 heteroatoms. The largest absolute Gasteiger partial charge is 0.497 e. The monoisotopic (exact) mass is 312 g/mol. The van der Waals surface area contributed by atoms with Crippen LogP contribution in [0.4, 0.5) is 8.78 Å². The quantitative estimate of drug-likeness (QED) is 0.745. The van der Waals surface area contributed by atoms with Gasteiger partial charge < -0.3 is 4.74 Å². The molecule has 2 aromatic carbocycles. The van der Waals surface area contributed by atoms with Gasteiger partial charge in [-0.2, -0.15) is 5.26 Å². The van der Waals surface area contributed by atoms with E-state index in [9.17, 15) is 14.0 Å². The Bertz CT molecular complexity index is 897. The smallest absolute Gasteiger partial charge is 0.191 e. The van der Waals surface area contributed by atoms with Crippen LogP contribution in [0.15, 0.2) is 42.5 Å². The maximum atomic E-state index is 13.5. The lowest BCUT2D eigenvalue weighted by Crippen LogP contribution is -2.00. The first-order valence-electron chi connectivity index (χ1n) is 6.59. The van der Waals surface area contributed by atoms with Crippen LogP contribution in [-0.4, -0.2) is 22.1 Å². The van der Waals surface area contributed by atoms with E-state index in [-0.39, 0.29) is 11.4 Å². The van der Waals surface area contributed by atoms with Crippen molar-refractivity contribution in [3.8, 4) is 28.8 Å². The zero-order valence-corrected chi connectivity index (χ0v) is 12.0. The van der Waals surface area contributed by atoms with E-state index in [0.29, 0.717) is 17.0 Å². The van der Waals surface area contributed by atoms with Gasteiger partial charge in [0.15, 0.2) is 17.3 Å². The van der Waals surface area contributed by atoms with Crippen LogP contribution in [0.1, 0.15) is 5.69 Å². The molecule has 0 spiro atoms. The number of nitriles is 1. The second kappa shape index (κ2) is 5.85. The number of hydrogen-bond acceptors (Lipinski definition) is 4. The minimum atomic E-state index is -1.01. The summed E-state index contributed by atoms with van der Waals surface area (Å²) in [4.78, 5) is 0. The molecule has 0 fully saturated rings. The lowest BCUT2D eigenvalue weighted by Gasteiger charge is -2.08. The summed E-state index contributed by atoms with van der Waals surface area (Å²) in [5.74, 6) is -1.31. The SMILES string of the molecule is COc1ccc(-n2nnc(C#N)c2-c2ccc(F)c(F)c2)cc1. The highest BCUT2D eigenvalue weighted by molar-refractivity contribution is 5.67. The number of hydrogen-bond donors (Lipinski definition) is 0. The average Bonchev–Trinajstić information content (AvgIpc) is 3.01. The Hall–Kier alpha value is -3.27. The maximum Gasteiger partial charge on any atom is 0.191 e. The summed E-state index contributed by atoms with van der Waals surface area (Å²) in [6.45, 7) is 0. The van der Waals surface area contributed by atoms with Gasteiger partial charge >= 0.3 is 0 Å². The van der Waals surface area contributed by atoms with Crippen LogP contribution >= 0.6 is 0 Å². The molecule has 0 aliphatic rings. The molecule has 0 atom stereocenters. The highest BCUT2D eigenvalue weighted by Crippen LogP contribution is 2.27. The molecule has 3 aromatic rings. The molecule has 0 bridgehead atoms. The van der Waals surface area contributed by atoms with E-state index >= 15 is 0 Å². The first kappa shape index (κ1) is 14.7. The van der Waals surface area contributed by atoms with Crippen LogP contribution in [0, 0.1) is 23.0 Å². The molecule has 0 saturated carbocycles. The predicted molar refractivity (Wildman–Crippen MR) is 78.0 cm³/mol. The number of rotatable bonds is 3. The Labute approximate surface area is 130 Å². The number of aromatic nitrogens is 3. The summed E-state index contributed by atoms with van der Waals surface area (Å²) in [6.07, 6.45) is 0. The third kappa shape index (κ3) is 2.62. The van der Waals surface area contributed by atoms with Crippen molar-refractivity contribution in [2.45, 2.75) is 0 Å². The number of ether oxygens (including phenoxy) is 1. The van der Waals surface area contributed by atoms with Gasteiger partial charge in [-0.05, 0) is 42.5 Å². The highest BCUT2D eigenvalue weighted by atomic mass is 19.2. The fourth-order valence-corrected chi connectivity index (χ4v) is 2.16. The molecule has 23 heavy (non-hydrogen) atoms. The molecule has 0 aliphatic heterocycles. The summed E-state index contributed by atoms with van der Waals surface area (Å²) in [6, 6.07) is 12.2. The van der Waals surface area contributed by atoms with Crippen LogP contribution in [0.25, 0.3) is 16.9 Å². The molecule has 1 heterocycles. The molecule has 0 N–H and O–H groups in total. The summed E-state index contributed by atoms with van der Waals surface area (Å²) in [5, 5.41) is 16.9. The van der Waals surface area contributed by atoms with E-state index in [2.05, 4.69) is 10.3 Å². The van der Waals surface area contributed by atoms with Gasteiger partial charge in [-0.3, -0.25) is 0 Å². The van der Waals surface area contributed by atoms with Crippen molar-refractivity contribution in [2.24, 2.45) is 0 Å². The van der Waals surface area contributed by atoms with E-state index in [0.717, 1.165) is 12.1 Å². The maximum absolute atomic E-state index is 13.5. The van der Waals surface area contributed by atoms with Crippen molar-refractivity contribution in [3.05, 3.63) is 59.8 Å². The Balaban J connectivity index is 2.17. The zero-order valence-electron chi connectivity index (χ0n) is 12.0. The summed E-state index contributed by atoms with van der Waals surface area (Å²) in [5.41, 5.74) is 1.23. The van der Waals surface area contributed by atoms with E-state index in [1.54, 1.807) is 31.4 Å². The lowest BCUT2D eigenvalue weighted by molar-refractivity contribution is 0.414. The van der Waals surface area contributed by atoms with Crippen LogP contribution in [0.3, 0.4) is 0 Å². The van der Waals surface area contributed by atoms with Crippen LogP contribution in [-0.2, 0) is 0 Å².